The highest BCUT2D eigenvalue weighted by atomic mass is 35.5. The molecule has 1 spiro atoms. The molecule has 2 aliphatic carbocycles. The minimum absolute atomic E-state index is 0.0100. The van der Waals surface area contributed by atoms with Crippen LogP contribution in [0.5, 0.6) is 5.75 Å². The first-order valence-corrected chi connectivity index (χ1v) is 19.5. The molecule has 7 rings (SSSR count). The number of hydrogen-bond acceptors (Lipinski definition) is 9. The Hall–Kier alpha value is -3.16. The molecule has 0 radical (unpaired) electrons. The zero-order valence-electron chi connectivity index (χ0n) is 28.6. The molecule has 270 valence electrons. The number of hydrogen-bond donors (Lipinski definition) is 2. The van der Waals surface area contributed by atoms with Crippen molar-refractivity contribution in [3.05, 3.63) is 64.7 Å². The first kappa shape index (κ1) is 35.3. The summed E-state index contributed by atoms with van der Waals surface area (Å²) >= 11 is 6.44. The summed E-state index contributed by atoms with van der Waals surface area (Å²) in [5, 5.41) is 3.71. The fraction of sp³-hybridized carbons (Fsp3) is 0.568. The summed E-state index contributed by atoms with van der Waals surface area (Å²) in [5.41, 5.74) is 1.30. The molecule has 2 aromatic carbocycles. The Morgan fingerprint density at radius 3 is 2.80 bits per heavy atom. The van der Waals surface area contributed by atoms with Gasteiger partial charge in [-0.25, -0.2) is 13.1 Å². The lowest BCUT2D eigenvalue weighted by molar-refractivity contribution is -0.139. The largest absolute Gasteiger partial charge is 0.490 e. The molecule has 13 heteroatoms. The van der Waals surface area contributed by atoms with E-state index < -0.39 is 21.5 Å². The highest BCUT2D eigenvalue weighted by Crippen LogP contribution is 2.47. The third kappa shape index (κ3) is 7.27. The van der Waals surface area contributed by atoms with Crippen molar-refractivity contribution in [3.8, 4) is 5.75 Å². The molecular weight excluding hydrogens is 682 g/mol. The molecule has 5 aliphatic rings. The fourth-order valence-corrected chi connectivity index (χ4v) is 9.34. The lowest BCUT2D eigenvalue weighted by Crippen LogP contribution is -2.50. The van der Waals surface area contributed by atoms with Crippen molar-refractivity contribution in [2.24, 2.45) is 11.8 Å². The smallest absolute Gasteiger partial charge is 0.265 e. The number of ether oxygens (including phenoxy) is 4. The average molecular weight is 728 g/mol. The van der Waals surface area contributed by atoms with E-state index in [9.17, 15) is 18.0 Å². The lowest BCUT2D eigenvalue weighted by Gasteiger charge is -2.46. The van der Waals surface area contributed by atoms with Crippen LogP contribution in [-0.2, 0) is 45.7 Å². The Kier molecular flexibility index (Phi) is 9.94. The standard InChI is InChI=1S/C37H46ClN3O8S/c1-36(2)35(43)40-50(44,45)28-9-12-33-31(18-28)41(22-37(23-48-33)14-3-5-24-17-26(38)8-11-30(24)37)19-25-7-10-29(25)32(6-4-15-49-36)47-21-34(42)39-27-13-16-46-20-27/h4,6,8-9,11-12,17-18,25,27,29,32H,3,5,7,10,13-16,19-23H2,1-2H3,(H,39,42)(H,40,43)/b6-4-/t25-,27+,29+,32-,37-/m0/s1. The number of aryl methyl sites for hydroxylation is 1. The Morgan fingerprint density at radius 2 is 2.02 bits per heavy atom. The first-order valence-electron chi connectivity index (χ1n) is 17.6. The molecule has 3 aliphatic heterocycles. The molecule has 2 fully saturated rings. The topological polar surface area (TPSA) is 132 Å². The summed E-state index contributed by atoms with van der Waals surface area (Å²) in [7, 11) is -4.23. The molecule has 0 unspecified atom stereocenters. The predicted octanol–water partition coefficient (Wildman–Crippen LogP) is 4.30. The molecule has 2 amide bonds. The van der Waals surface area contributed by atoms with Crippen molar-refractivity contribution in [1.29, 1.82) is 0 Å². The molecule has 5 atom stereocenters. The van der Waals surface area contributed by atoms with E-state index in [1.54, 1.807) is 18.2 Å². The lowest BCUT2D eigenvalue weighted by atomic mass is 9.68. The summed E-state index contributed by atoms with van der Waals surface area (Å²) < 4.78 is 53.7. The van der Waals surface area contributed by atoms with Crippen molar-refractivity contribution < 1.29 is 37.0 Å². The minimum Gasteiger partial charge on any atom is -0.490 e. The van der Waals surface area contributed by atoms with Crippen LogP contribution in [0.1, 0.15) is 57.1 Å². The van der Waals surface area contributed by atoms with Crippen molar-refractivity contribution in [2.45, 2.75) is 80.4 Å². The van der Waals surface area contributed by atoms with Gasteiger partial charge >= 0.3 is 0 Å². The molecule has 11 nitrogen and oxygen atoms in total. The number of nitrogens with one attached hydrogen (secondary N) is 2. The predicted molar refractivity (Wildman–Crippen MR) is 188 cm³/mol. The highest BCUT2D eigenvalue weighted by Gasteiger charge is 2.45. The van der Waals surface area contributed by atoms with Crippen molar-refractivity contribution in [3.63, 3.8) is 0 Å². The molecular formula is C37H46ClN3O8S. The molecule has 2 N–H and O–H groups in total. The number of sulfonamides is 1. The van der Waals surface area contributed by atoms with Crippen molar-refractivity contribution in [1.82, 2.24) is 10.0 Å². The maximum absolute atomic E-state index is 13.6. The highest BCUT2D eigenvalue weighted by molar-refractivity contribution is 7.90. The summed E-state index contributed by atoms with van der Waals surface area (Å²) in [4.78, 5) is 28.4. The zero-order chi connectivity index (χ0) is 35.1. The monoisotopic (exact) mass is 727 g/mol. The van der Waals surface area contributed by atoms with Crippen LogP contribution < -0.4 is 19.7 Å². The second-order valence-electron chi connectivity index (χ2n) is 14.8. The number of benzene rings is 2. The fourth-order valence-electron chi connectivity index (χ4n) is 8.03. The third-order valence-corrected chi connectivity index (χ3v) is 12.6. The van der Waals surface area contributed by atoms with E-state index in [-0.39, 0.29) is 53.4 Å². The minimum atomic E-state index is -4.23. The van der Waals surface area contributed by atoms with Gasteiger partial charge in [0.05, 0.1) is 42.5 Å². The number of carbonyl (C=O) groups excluding carboxylic acids is 2. The van der Waals surface area contributed by atoms with E-state index in [1.807, 2.05) is 12.1 Å². The molecule has 0 aromatic heterocycles. The zero-order valence-corrected chi connectivity index (χ0v) is 30.2. The van der Waals surface area contributed by atoms with Gasteiger partial charge in [0.25, 0.3) is 15.9 Å². The van der Waals surface area contributed by atoms with Gasteiger partial charge in [-0.05, 0) is 106 Å². The van der Waals surface area contributed by atoms with Gasteiger partial charge in [-0.2, -0.15) is 0 Å². The Morgan fingerprint density at radius 1 is 1.16 bits per heavy atom. The second kappa shape index (κ2) is 14.1. The van der Waals surface area contributed by atoms with Crippen LogP contribution in [0.2, 0.25) is 5.02 Å². The summed E-state index contributed by atoms with van der Waals surface area (Å²) in [6, 6.07) is 10.9. The third-order valence-electron chi connectivity index (χ3n) is 11.0. The quantitative estimate of drug-likeness (QED) is 0.443. The van der Waals surface area contributed by atoms with Crippen LogP contribution in [0.25, 0.3) is 0 Å². The molecule has 2 bridgehead atoms. The Bertz CT molecular complexity index is 1760. The van der Waals surface area contributed by atoms with Crippen LogP contribution in [-0.4, -0.2) is 84.1 Å². The maximum Gasteiger partial charge on any atom is 0.265 e. The molecule has 2 aromatic rings. The average Bonchev–Trinajstić information content (AvgIpc) is 3.52. The van der Waals surface area contributed by atoms with Crippen LogP contribution in [0.15, 0.2) is 53.4 Å². The normalized spacial score (nSPS) is 30.9. The van der Waals surface area contributed by atoms with Gasteiger partial charge in [0, 0.05) is 30.1 Å². The van der Waals surface area contributed by atoms with E-state index >= 15 is 0 Å². The number of halogens is 1. The van der Waals surface area contributed by atoms with Crippen LogP contribution >= 0.6 is 11.6 Å². The SMILES string of the molecule is CC1(C)OC/C=C\[C@H](OCC(=O)N[C@@H]2CCOC2)[C@@H]2CC[C@H]2CN2C[C@@]3(CCCc4cc(Cl)ccc43)COc3ccc(cc32)S(=O)(=O)NC1=O. The van der Waals surface area contributed by atoms with E-state index in [4.69, 9.17) is 30.5 Å². The van der Waals surface area contributed by atoms with Gasteiger partial charge in [0.2, 0.25) is 5.91 Å². The summed E-state index contributed by atoms with van der Waals surface area (Å²) in [5.74, 6) is -0.0779. The number of nitrogens with zero attached hydrogens (tertiary/aromatic N) is 1. The van der Waals surface area contributed by atoms with Gasteiger partial charge in [-0.3, -0.25) is 9.59 Å². The van der Waals surface area contributed by atoms with E-state index in [0.29, 0.717) is 49.4 Å². The van der Waals surface area contributed by atoms with Crippen LogP contribution in [0.3, 0.4) is 0 Å². The number of carbonyl (C=O) groups is 2. The number of amides is 2. The van der Waals surface area contributed by atoms with Gasteiger partial charge < -0.3 is 29.2 Å². The van der Waals surface area contributed by atoms with E-state index in [1.165, 1.54) is 31.0 Å². The van der Waals surface area contributed by atoms with Gasteiger partial charge in [-0.1, -0.05) is 29.8 Å². The Balaban J connectivity index is 1.24. The van der Waals surface area contributed by atoms with Gasteiger partial charge in [0.15, 0.2) is 0 Å². The van der Waals surface area contributed by atoms with E-state index in [2.05, 4.69) is 27.1 Å². The maximum atomic E-state index is 13.6. The van der Waals surface area contributed by atoms with Crippen molar-refractivity contribution in [2.75, 3.05) is 51.0 Å². The molecule has 1 saturated carbocycles. The van der Waals surface area contributed by atoms with Crippen molar-refractivity contribution >= 4 is 39.1 Å². The first-order chi connectivity index (χ1) is 23.9. The van der Waals surface area contributed by atoms with Crippen LogP contribution in [0.4, 0.5) is 5.69 Å². The number of rotatable bonds is 4. The molecule has 50 heavy (non-hydrogen) atoms. The Labute approximate surface area is 299 Å². The van der Waals surface area contributed by atoms with Gasteiger partial charge in [0.1, 0.15) is 18.0 Å². The molecule has 3 heterocycles. The summed E-state index contributed by atoms with van der Waals surface area (Å²) in [6.45, 7) is 5.84. The summed E-state index contributed by atoms with van der Waals surface area (Å²) in [6.07, 6.45) is 8.80. The second-order valence-corrected chi connectivity index (χ2v) is 16.9. The number of fused-ring (bicyclic) bond motifs is 4. The molecule has 1 saturated heterocycles. The van der Waals surface area contributed by atoms with Gasteiger partial charge in [-0.15, -0.1) is 0 Å². The number of anilines is 1. The van der Waals surface area contributed by atoms with E-state index in [0.717, 1.165) is 38.5 Å². The van der Waals surface area contributed by atoms with Crippen LogP contribution in [0, 0.1) is 11.8 Å².